The van der Waals surface area contributed by atoms with Gasteiger partial charge in [-0.05, 0) is 96.3 Å². The number of esters is 2. The third-order valence-corrected chi connectivity index (χ3v) is 16.6. The summed E-state index contributed by atoms with van der Waals surface area (Å²) in [4.78, 5) is 35.4. The number of phosphoric ester groups is 1. The molecule has 0 aromatic rings. The van der Waals surface area contributed by atoms with Gasteiger partial charge in [-0.15, -0.1) is 0 Å². The summed E-state index contributed by atoms with van der Waals surface area (Å²) in [7, 11) is -4.40. The van der Waals surface area contributed by atoms with E-state index < -0.39 is 26.5 Å². The van der Waals surface area contributed by atoms with Crippen LogP contribution in [0.4, 0.5) is 0 Å². The standard InChI is InChI=1S/C77H136NO8P/c1-3-5-7-9-11-13-15-17-19-21-23-25-27-29-31-33-34-35-36-37-38-39-40-42-43-45-47-49-51-53-55-57-59-61-63-65-67-69-76(79)83-73-75(74-85-87(81,82)84-72-71-78)86-77(80)70-68-66-64-62-60-58-56-54-52-50-48-46-44-41-32-30-28-26-24-22-20-18-16-14-12-10-8-6-4-2/h5-8,11-14,17-20,23-26,30,32,75H,3-4,9-10,15-16,21-22,27-29,31,33-74,78H2,1-2H3,(H,81,82)/b7-5-,8-6-,13-11-,14-12-,19-17-,20-18-,25-23-,26-24-,32-30-. The molecular weight excluding hydrogens is 1100 g/mol. The Morgan fingerprint density at radius 3 is 0.885 bits per heavy atom. The second-order valence-corrected chi connectivity index (χ2v) is 25.5. The number of carbonyl (C=O) groups is 2. The Morgan fingerprint density at radius 2 is 0.598 bits per heavy atom. The molecule has 0 spiro atoms. The summed E-state index contributed by atoms with van der Waals surface area (Å²) in [6, 6.07) is 0. The zero-order valence-electron chi connectivity index (χ0n) is 56.5. The number of ether oxygens (including phenoxy) is 2. The SMILES string of the molecule is CC/C=C\C/C=C\C/C=C\C/C=C\C/C=C\CCCCCCCCCCCCCCCC(=O)OC(COC(=O)CCCCCCCCCCCCCCCCCCCCCCCCCC/C=C\C/C=C\C/C=C\C/C=C\CC)COP(=O)(O)OCCN. The lowest BCUT2D eigenvalue weighted by atomic mass is 10.0. The number of unbranched alkanes of at least 4 members (excludes halogenated alkanes) is 37. The third-order valence-electron chi connectivity index (χ3n) is 15.7. The van der Waals surface area contributed by atoms with Crippen LogP contribution in [0, 0.1) is 0 Å². The summed E-state index contributed by atoms with van der Waals surface area (Å²) in [5.41, 5.74) is 5.41. The fourth-order valence-electron chi connectivity index (χ4n) is 10.4. The molecule has 0 bridgehead atoms. The van der Waals surface area contributed by atoms with Crippen LogP contribution in [0.3, 0.4) is 0 Å². The van der Waals surface area contributed by atoms with E-state index in [0.29, 0.717) is 6.42 Å². The first kappa shape index (κ1) is 83.7. The van der Waals surface area contributed by atoms with Crippen LogP contribution in [0.25, 0.3) is 0 Å². The van der Waals surface area contributed by atoms with Crippen molar-refractivity contribution in [3.8, 4) is 0 Å². The molecule has 0 aromatic carbocycles. The molecule has 0 aliphatic rings. The first-order valence-corrected chi connectivity index (χ1v) is 37.9. The Morgan fingerprint density at radius 1 is 0.345 bits per heavy atom. The highest BCUT2D eigenvalue weighted by atomic mass is 31.2. The second kappa shape index (κ2) is 71.7. The average molecular weight is 1230 g/mol. The molecule has 9 nitrogen and oxygen atoms in total. The molecule has 0 aliphatic heterocycles. The van der Waals surface area contributed by atoms with Gasteiger partial charge >= 0.3 is 19.8 Å². The topological polar surface area (TPSA) is 134 Å². The van der Waals surface area contributed by atoms with Gasteiger partial charge in [0, 0.05) is 19.4 Å². The average Bonchev–Trinajstić information content (AvgIpc) is 3.63. The minimum Gasteiger partial charge on any atom is -0.462 e. The Bertz CT molecular complexity index is 1800. The Labute approximate surface area is 537 Å². The van der Waals surface area contributed by atoms with Gasteiger partial charge in [0.2, 0.25) is 0 Å². The fourth-order valence-corrected chi connectivity index (χ4v) is 11.1. The maximum Gasteiger partial charge on any atom is 0.472 e. The van der Waals surface area contributed by atoms with Gasteiger partial charge < -0.3 is 20.1 Å². The molecule has 3 N–H and O–H groups in total. The number of hydrogen-bond donors (Lipinski definition) is 2. The van der Waals surface area contributed by atoms with Gasteiger partial charge in [0.15, 0.2) is 6.10 Å². The van der Waals surface area contributed by atoms with Gasteiger partial charge in [-0.25, -0.2) is 4.57 Å². The summed E-state index contributed by atoms with van der Waals surface area (Å²) in [5.74, 6) is -0.818. The Balaban J connectivity index is 3.82. The van der Waals surface area contributed by atoms with Crippen molar-refractivity contribution in [2.45, 2.75) is 341 Å². The van der Waals surface area contributed by atoms with Crippen molar-refractivity contribution >= 4 is 19.8 Å². The highest BCUT2D eigenvalue weighted by Gasteiger charge is 2.26. The van der Waals surface area contributed by atoms with Gasteiger partial charge in [0.1, 0.15) is 6.61 Å². The Hall–Kier alpha value is -3.33. The van der Waals surface area contributed by atoms with E-state index in [0.717, 1.165) is 96.3 Å². The van der Waals surface area contributed by atoms with Crippen molar-refractivity contribution in [3.05, 3.63) is 109 Å². The minimum atomic E-state index is -4.40. The molecular formula is C77H136NO8P. The van der Waals surface area contributed by atoms with E-state index in [-0.39, 0.29) is 38.6 Å². The summed E-state index contributed by atoms with van der Waals surface area (Å²) in [5, 5.41) is 0. The van der Waals surface area contributed by atoms with E-state index in [1.165, 1.54) is 205 Å². The quantitative estimate of drug-likeness (QED) is 0.0264. The zero-order chi connectivity index (χ0) is 63.0. The first-order valence-electron chi connectivity index (χ1n) is 36.4. The van der Waals surface area contributed by atoms with Gasteiger partial charge in [0.05, 0.1) is 13.2 Å². The predicted molar refractivity (Wildman–Crippen MR) is 376 cm³/mol. The van der Waals surface area contributed by atoms with Crippen molar-refractivity contribution in [1.82, 2.24) is 0 Å². The van der Waals surface area contributed by atoms with Gasteiger partial charge in [-0.2, -0.15) is 0 Å². The van der Waals surface area contributed by atoms with Crippen LogP contribution in [0.15, 0.2) is 109 Å². The van der Waals surface area contributed by atoms with E-state index >= 15 is 0 Å². The van der Waals surface area contributed by atoms with Crippen LogP contribution in [0.1, 0.15) is 335 Å². The van der Waals surface area contributed by atoms with E-state index in [1.807, 2.05) is 0 Å². The van der Waals surface area contributed by atoms with E-state index in [9.17, 15) is 19.0 Å². The summed E-state index contributed by atoms with van der Waals surface area (Å²) < 4.78 is 33.2. The summed E-state index contributed by atoms with van der Waals surface area (Å²) >= 11 is 0. The van der Waals surface area contributed by atoms with Crippen molar-refractivity contribution < 1.29 is 37.6 Å². The molecule has 87 heavy (non-hydrogen) atoms. The van der Waals surface area contributed by atoms with Crippen LogP contribution < -0.4 is 5.73 Å². The Kier molecular flexibility index (Phi) is 69.0. The molecule has 2 unspecified atom stereocenters. The van der Waals surface area contributed by atoms with Crippen molar-refractivity contribution in [1.29, 1.82) is 0 Å². The smallest absolute Gasteiger partial charge is 0.462 e. The molecule has 0 fully saturated rings. The fraction of sp³-hybridized carbons (Fsp3) is 0.740. The van der Waals surface area contributed by atoms with E-state index in [1.54, 1.807) is 0 Å². The molecule has 0 rings (SSSR count). The zero-order valence-corrected chi connectivity index (χ0v) is 57.4. The first-order chi connectivity index (χ1) is 42.8. The highest BCUT2D eigenvalue weighted by molar-refractivity contribution is 7.47. The summed E-state index contributed by atoms with van der Waals surface area (Å²) in [6.45, 7) is 3.56. The molecule has 0 saturated carbocycles. The second-order valence-electron chi connectivity index (χ2n) is 24.0. The molecule has 0 saturated heterocycles. The molecule has 0 amide bonds. The van der Waals surface area contributed by atoms with E-state index in [2.05, 4.69) is 123 Å². The number of hydrogen-bond acceptors (Lipinski definition) is 8. The van der Waals surface area contributed by atoms with Crippen LogP contribution in [-0.4, -0.2) is 49.3 Å². The molecule has 502 valence electrons. The normalized spacial score (nSPS) is 13.6. The minimum absolute atomic E-state index is 0.0513. The maximum atomic E-state index is 12.8. The molecule has 10 heteroatoms. The molecule has 2 atom stereocenters. The van der Waals surface area contributed by atoms with Crippen molar-refractivity contribution in [3.63, 3.8) is 0 Å². The number of nitrogens with two attached hydrogens (primary N) is 1. The lowest BCUT2D eigenvalue weighted by Gasteiger charge is -2.19. The van der Waals surface area contributed by atoms with Gasteiger partial charge in [0.25, 0.3) is 0 Å². The molecule has 0 aliphatic carbocycles. The number of rotatable bonds is 68. The monoisotopic (exact) mass is 1230 g/mol. The molecule has 0 aromatic heterocycles. The van der Waals surface area contributed by atoms with Crippen molar-refractivity contribution in [2.24, 2.45) is 5.73 Å². The van der Waals surface area contributed by atoms with Crippen LogP contribution in [0.5, 0.6) is 0 Å². The number of carbonyl (C=O) groups excluding carboxylic acids is 2. The van der Waals surface area contributed by atoms with Crippen LogP contribution in [0.2, 0.25) is 0 Å². The summed E-state index contributed by atoms with van der Waals surface area (Å²) in [6.07, 6.45) is 99.1. The maximum absolute atomic E-state index is 12.8. The molecule has 0 radical (unpaired) electrons. The molecule has 0 heterocycles. The van der Waals surface area contributed by atoms with Gasteiger partial charge in [-0.3, -0.25) is 18.6 Å². The highest BCUT2D eigenvalue weighted by Crippen LogP contribution is 2.43. The predicted octanol–water partition coefficient (Wildman–Crippen LogP) is 24.1. The lowest BCUT2D eigenvalue weighted by molar-refractivity contribution is -0.161. The lowest BCUT2D eigenvalue weighted by Crippen LogP contribution is -2.29. The number of allylic oxidation sites excluding steroid dienone is 18. The van der Waals surface area contributed by atoms with Crippen molar-refractivity contribution in [2.75, 3.05) is 26.4 Å². The van der Waals surface area contributed by atoms with Crippen LogP contribution in [-0.2, 0) is 32.7 Å². The van der Waals surface area contributed by atoms with Gasteiger partial charge in [-0.1, -0.05) is 335 Å². The number of phosphoric acid groups is 1. The van der Waals surface area contributed by atoms with Crippen LogP contribution >= 0.6 is 7.82 Å². The third kappa shape index (κ3) is 71.6. The largest absolute Gasteiger partial charge is 0.472 e. The van der Waals surface area contributed by atoms with E-state index in [4.69, 9.17) is 24.3 Å².